The number of benzene rings is 1. The van der Waals surface area contributed by atoms with Gasteiger partial charge in [-0.25, -0.2) is 8.42 Å². The van der Waals surface area contributed by atoms with Gasteiger partial charge in [0.1, 0.15) is 0 Å². The number of piperidine rings is 2. The third-order valence-corrected chi connectivity index (χ3v) is 7.36. The van der Waals surface area contributed by atoms with Crippen molar-refractivity contribution in [3.8, 4) is 0 Å². The number of hydrogen-bond donors (Lipinski definition) is 0. The number of hydrogen-bond acceptors (Lipinski definition) is 4. The smallest absolute Gasteiger partial charge is 0.243 e. The minimum Gasteiger partial charge on any atom is -0.347 e. The predicted molar refractivity (Wildman–Crippen MR) is 85.8 cm³/mol. The molecule has 3 heterocycles. The topological polar surface area (TPSA) is 55.8 Å². The second kappa shape index (κ2) is 5.70. The first-order valence-electron chi connectivity index (χ1n) is 8.07. The van der Waals surface area contributed by atoms with Crippen molar-refractivity contribution in [2.75, 3.05) is 13.2 Å². The van der Waals surface area contributed by atoms with Crippen LogP contribution in [0.15, 0.2) is 29.2 Å². The third-order valence-electron chi connectivity index (χ3n) is 5.09. The molecule has 23 heavy (non-hydrogen) atoms. The van der Waals surface area contributed by atoms with Crippen molar-refractivity contribution in [1.82, 2.24) is 4.31 Å². The van der Waals surface area contributed by atoms with Gasteiger partial charge in [0.15, 0.2) is 5.79 Å². The summed E-state index contributed by atoms with van der Waals surface area (Å²) in [7, 11) is -3.52. The highest BCUT2D eigenvalue weighted by atomic mass is 35.5. The fourth-order valence-electron chi connectivity index (χ4n) is 4.18. The van der Waals surface area contributed by atoms with Gasteiger partial charge in [-0.15, -0.1) is 0 Å². The van der Waals surface area contributed by atoms with E-state index in [0.29, 0.717) is 36.0 Å². The van der Waals surface area contributed by atoms with Gasteiger partial charge in [-0.2, -0.15) is 4.31 Å². The summed E-state index contributed by atoms with van der Waals surface area (Å²) in [6.45, 7) is 1.20. The van der Waals surface area contributed by atoms with Gasteiger partial charge >= 0.3 is 0 Å². The van der Waals surface area contributed by atoms with Crippen molar-refractivity contribution >= 4 is 21.6 Å². The molecule has 1 aromatic rings. The molecule has 3 saturated heterocycles. The molecule has 5 nitrogen and oxygen atoms in total. The first-order valence-corrected chi connectivity index (χ1v) is 9.89. The first kappa shape index (κ1) is 15.8. The zero-order valence-electron chi connectivity index (χ0n) is 12.8. The van der Waals surface area contributed by atoms with Crippen LogP contribution in [-0.4, -0.2) is 43.8 Å². The predicted octanol–water partition coefficient (Wildman–Crippen LogP) is 2.79. The van der Waals surface area contributed by atoms with Gasteiger partial charge in [-0.3, -0.25) is 0 Å². The lowest BCUT2D eigenvalue weighted by molar-refractivity contribution is -0.205. The molecular formula is C16H20ClNO4S. The monoisotopic (exact) mass is 357 g/mol. The number of halogens is 1. The van der Waals surface area contributed by atoms with E-state index in [1.165, 1.54) is 0 Å². The van der Waals surface area contributed by atoms with Crippen molar-refractivity contribution < 1.29 is 17.9 Å². The Morgan fingerprint density at radius 1 is 1.04 bits per heavy atom. The highest BCUT2D eigenvalue weighted by molar-refractivity contribution is 7.89. The fraction of sp³-hybridized carbons (Fsp3) is 0.625. The standard InChI is InChI=1S/C16H20ClNO4S/c17-12-4-6-15(7-5-12)23(19,20)18-13-2-1-3-14(18)11-16(10-13)21-8-9-22-16/h4-7,13-14H,1-3,8-11H2. The Balaban J connectivity index is 1.67. The molecule has 2 atom stereocenters. The Morgan fingerprint density at radius 3 is 2.17 bits per heavy atom. The number of nitrogens with zero attached hydrogens (tertiary/aromatic N) is 1. The highest BCUT2D eigenvalue weighted by Crippen LogP contribution is 2.45. The molecule has 0 saturated carbocycles. The van der Waals surface area contributed by atoms with E-state index in [0.717, 1.165) is 19.3 Å². The number of sulfonamides is 1. The molecular weight excluding hydrogens is 338 g/mol. The second-order valence-electron chi connectivity index (χ2n) is 6.54. The maximum Gasteiger partial charge on any atom is 0.243 e. The molecule has 0 aromatic heterocycles. The highest BCUT2D eigenvalue weighted by Gasteiger charge is 2.53. The van der Waals surface area contributed by atoms with E-state index in [4.69, 9.17) is 21.1 Å². The normalized spacial score (nSPS) is 30.7. The third kappa shape index (κ3) is 2.70. The van der Waals surface area contributed by atoms with Crippen LogP contribution in [0.2, 0.25) is 5.02 Å². The molecule has 3 aliphatic rings. The van der Waals surface area contributed by atoms with Crippen molar-refractivity contribution in [3.05, 3.63) is 29.3 Å². The maximum atomic E-state index is 13.1. The van der Waals surface area contributed by atoms with Crippen LogP contribution in [0.25, 0.3) is 0 Å². The molecule has 3 aliphatic heterocycles. The first-order chi connectivity index (χ1) is 11.0. The van der Waals surface area contributed by atoms with E-state index in [-0.39, 0.29) is 12.1 Å². The molecule has 0 radical (unpaired) electrons. The molecule has 2 unspecified atom stereocenters. The summed E-state index contributed by atoms with van der Waals surface area (Å²) in [6.07, 6.45) is 4.01. The van der Waals surface area contributed by atoms with Crippen molar-refractivity contribution in [2.45, 2.75) is 54.9 Å². The molecule has 126 valence electrons. The summed E-state index contributed by atoms with van der Waals surface area (Å²) >= 11 is 5.88. The molecule has 0 aliphatic carbocycles. The summed E-state index contributed by atoms with van der Waals surface area (Å²) in [5, 5.41) is 0.537. The lowest BCUT2D eigenvalue weighted by Gasteiger charge is -2.50. The van der Waals surface area contributed by atoms with Gasteiger partial charge in [0, 0.05) is 29.9 Å². The second-order valence-corrected chi connectivity index (χ2v) is 8.82. The molecule has 1 spiro atoms. The van der Waals surface area contributed by atoms with Crippen LogP contribution in [0.3, 0.4) is 0 Å². The van der Waals surface area contributed by atoms with Crippen LogP contribution in [-0.2, 0) is 19.5 Å². The van der Waals surface area contributed by atoms with Crippen LogP contribution in [0.1, 0.15) is 32.1 Å². The fourth-order valence-corrected chi connectivity index (χ4v) is 6.17. The van der Waals surface area contributed by atoms with Crippen molar-refractivity contribution in [3.63, 3.8) is 0 Å². The zero-order valence-corrected chi connectivity index (χ0v) is 14.4. The summed E-state index contributed by atoms with van der Waals surface area (Å²) in [5.74, 6) is -0.568. The quantitative estimate of drug-likeness (QED) is 0.816. The van der Waals surface area contributed by atoms with Gasteiger partial charge < -0.3 is 9.47 Å². The molecule has 3 fully saturated rings. The van der Waals surface area contributed by atoms with E-state index in [1.807, 2.05) is 0 Å². The Hall–Kier alpha value is -0.660. The molecule has 0 amide bonds. The molecule has 7 heteroatoms. The minimum absolute atomic E-state index is 0.0544. The van der Waals surface area contributed by atoms with E-state index in [1.54, 1.807) is 28.6 Å². The Bertz CT molecular complexity index is 669. The van der Waals surface area contributed by atoms with Crippen LogP contribution in [0.4, 0.5) is 0 Å². The number of rotatable bonds is 2. The lowest BCUT2D eigenvalue weighted by Crippen LogP contribution is -2.60. The van der Waals surface area contributed by atoms with Gasteiger partial charge in [0.05, 0.1) is 18.1 Å². The molecule has 1 aromatic carbocycles. The van der Waals surface area contributed by atoms with Crippen LogP contribution >= 0.6 is 11.6 Å². The van der Waals surface area contributed by atoms with Crippen LogP contribution < -0.4 is 0 Å². The number of fused-ring (bicyclic) bond motifs is 2. The van der Waals surface area contributed by atoms with Gasteiger partial charge in [0.2, 0.25) is 10.0 Å². The van der Waals surface area contributed by atoms with E-state index >= 15 is 0 Å². The number of ether oxygens (including phenoxy) is 2. The summed E-state index contributed by atoms with van der Waals surface area (Å²) in [4.78, 5) is 0.308. The molecule has 4 rings (SSSR count). The summed E-state index contributed by atoms with van der Waals surface area (Å²) in [6, 6.07) is 6.31. The van der Waals surface area contributed by atoms with Gasteiger partial charge in [-0.1, -0.05) is 18.0 Å². The lowest BCUT2D eigenvalue weighted by atomic mass is 9.83. The molecule has 2 bridgehead atoms. The average molecular weight is 358 g/mol. The molecule has 0 N–H and O–H groups in total. The SMILES string of the molecule is O=S(=O)(c1ccc(Cl)cc1)N1C2CCCC1CC1(C2)OCCO1. The van der Waals surface area contributed by atoms with Crippen molar-refractivity contribution in [2.24, 2.45) is 0 Å². The van der Waals surface area contributed by atoms with Crippen LogP contribution in [0.5, 0.6) is 0 Å². The summed E-state index contributed by atoms with van der Waals surface area (Å²) < 4.78 is 39.6. The maximum absolute atomic E-state index is 13.1. The Morgan fingerprint density at radius 2 is 1.61 bits per heavy atom. The summed E-state index contributed by atoms with van der Waals surface area (Å²) in [5.41, 5.74) is 0. The average Bonchev–Trinajstić information content (AvgIpc) is 2.94. The largest absolute Gasteiger partial charge is 0.347 e. The van der Waals surface area contributed by atoms with E-state index in [9.17, 15) is 8.42 Å². The van der Waals surface area contributed by atoms with Crippen molar-refractivity contribution in [1.29, 1.82) is 0 Å². The van der Waals surface area contributed by atoms with Crippen LogP contribution in [0, 0.1) is 0 Å². The Kier molecular flexibility index (Phi) is 3.93. The van der Waals surface area contributed by atoms with E-state index in [2.05, 4.69) is 0 Å². The van der Waals surface area contributed by atoms with Gasteiger partial charge in [0.25, 0.3) is 0 Å². The Labute approximate surface area is 141 Å². The minimum atomic E-state index is -3.52. The zero-order chi connectivity index (χ0) is 16.1. The van der Waals surface area contributed by atoms with Gasteiger partial charge in [-0.05, 0) is 37.1 Å². The van der Waals surface area contributed by atoms with E-state index < -0.39 is 15.8 Å².